The number of rotatable bonds is 7. The molecule has 3 rings (SSSR count). The van der Waals surface area contributed by atoms with Crippen LogP contribution in [0.3, 0.4) is 0 Å². The van der Waals surface area contributed by atoms with E-state index in [1.807, 2.05) is 0 Å². The van der Waals surface area contributed by atoms with Crippen LogP contribution in [0.5, 0.6) is 11.5 Å². The molecule has 1 fully saturated rings. The topological polar surface area (TPSA) is 99.2 Å². The molecular formula is C21H19NO7S2. The highest BCUT2D eigenvalue weighted by Crippen LogP contribution is 2.34. The first-order chi connectivity index (χ1) is 14.8. The molecule has 0 bridgehead atoms. The highest BCUT2D eigenvalue weighted by molar-refractivity contribution is 8.18. The fraction of sp³-hybridized carbons (Fsp3) is 0.238. The van der Waals surface area contributed by atoms with Crippen molar-refractivity contribution in [3.05, 3.63) is 51.1 Å². The number of carbonyl (C=O) groups is 4. The predicted octanol–water partition coefficient (Wildman–Crippen LogP) is 3.96. The first kappa shape index (κ1) is 22.6. The summed E-state index contributed by atoms with van der Waals surface area (Å²) in [6.45, 7) is 2.92. The first-order valence-electron chi connectivity index (χ1n) is 9.17. The van der Waals surface area contributed by atoms with Crippen molar-refractivity contribution in [2.45, 2.75) is 20.0 Å². The van der Waals surface area contributed by atoms with Crippen molar-refractivity contribution in [1.82, 2.24) is 4.90 Å². The summed E-state index contributed by atoms with van der Waals surface area (Å²) in [6.07, 6.45) is 1.16. The SMILES string of the molecule is COc1cc(/C=C2\SC(=O)N(CC(=O)OC(C)C)C2=O)ccc1OC(=O)c1cccs1. The largest absolute Gasteiger partial charge is 0.493 e. The van der Waals surface area contributed by atoms with Gasteiger partial charge < -0.3 is 14.2 Å². The van der Waals surface area contributed by atoms with Gasteiger partial charge in [0.1, 0.15) is 11.4 Å². The Hall–Kier alpha value is -3.11. The van der Waals surface area contributed by atoms with Crippen LogP contribution in [-0.4, -0.2) is 47.7 Å². The average molecular weight is 462 g/mol. The number of ether oxygens (including phenoxy) is 3. The van der Waals surface area contributed by atoms with E-state index in [1.54, 1.807) is 49.6 Å². The van der Waals surface area contributed by atoms with Crippen molar-refractivity contribution in [1.29, 1.82) is 0 Å². The number of amides is 2. The maximum atomic E-state index is 12.5. The molecule has 2 amide bonds. The summed E-state index contributed by atoms with van der Waals surface area (Å²) in [5, 5.41) is 1.22. The third kappa shape index (κ3) is 5.53. The number of carbonyl (C=O) groups excluding carboxylic acids is 4. The zero-order valence-corrected chi connectivity index (χ0v) is 18.6. The lowest BCUT2D eigenvalue weighted by molar-refractivity contribution is -0.149. The van der Waals surface area contributed by atoms with Crippen LogP contribution in [0.4, 0.5) is 4.79 Å². The Morgan fingerprint density at radius 2 is 1.94 bits per heavy atom. The molecular weight excluding hydrogens is 442 g/mol. The number of esters is 2. The van der Waals surface area contributed by atoms with Crippen LogP contribution in [-0.2, 0) is 14.3 Å². The first-order valence-corrected chi connectivity index (χ1v) is 10.9. The number of nitrogens with zero attached hydrogens (tertiary/aromatic N) is 1. The molecule has 162 valence electrons. The maximum Gasteiger partial charge on any atom is 0.353 e. The standard InChI is InChI=1S/C21H19NO7S2/c1-12(2)28-18(23)11-22-19(24)17(31-21(22)26)10-13-6-7-14(15(9-13)27-3)29-20(25)16-5-4-8-30-16/h4-10,12H,11H2,1-3H3/b17-10-. The predicted molar refractivity (Wildman–Crippen MR) is 116 cm³/mol. The Morgan fingerprint density at radius 3 is 2.58 bits per heavy atom. The van der Waals surface area contributed by atoms with Gasteiger partial charge in [0.25, 0.3) is 11.1 Å². The van der Waals surface area contributed by atoms with E-state index >= 15 is 0 Å². The second-order valence-electron chi connectivity index (χ2n) is 6.58. The molecule has 2 heterocycles. The quantitative estimate of drug-likeness (QED) is 0.347. The van der Waals surface area contributed by atoms with Gasteiger partial charge >= 0.3 is 11.9 Å². The lowest BCUT2D eigenvalue weighted by atomic mass is 10.2. The molecule has 0 saturated carbocycles. The Labute approximate surface area is 186 Å². The van der Waals surface area contributed by atoms with Crippen molar-refractivity contribution < 1.29 is 33.4 Å². The third-order valence-electron chi connectivity index (χ3n) is 3.94. The zero-order chi connectivity index (χ0) is 22.5. The van der Waals surface area contributed by atoms with E-state index in [-0.39, 0.29) is 16.8 Å². The van der Waals surface area contributed by atoms with Crippen LogP contribution >= 0.6 is 23.1 Å². The Morgan fingerprint density at radius 1 is 1.16 bits per heavy atom. The minimum atomic E-state index is -0.655. The molecule has 0 N–H and O–H groups in total. The normalized spacial score (nSPS) is 15.0. The van der Waals surface area contributed by atoms with Crippen LogP contribution in [0.15, 0.2) is 40.6 Å². The van der Waals surface area contributed by atoms with E-state index < -0.39 is 29.6 Å². The van der Waals surface area contributed by atoms with E-state index in [0.717, 1.165) is 16.7 Å². The average Bonchev–Trinajstić information content (AvgIpc) is 3.33. The molecule has 0 aliphatic carbocycles. The van der Waals surface area contributed by atoms with E-state index in [4.69, 9.17) is 14.2 Å². The second kappa shape index (κ2) is 9.80. The van der Waals surface area contributed by atoms with Gasteiger partial charge in [-0.3, -0.25) is 19.3 Å². The van der Waals surface area contributed by atoms with Crippen LogP contribution in [0, 0.1) is 0 Å². The van der Waals surface area contributed by atoms with E-state index in [2.05, 4.69) is 0 Å². The van der Waals surface area contributed by atoms with Crippen LogP contribution < -0.4 is 9.47 Å². The second-order valence-corrected chi connectivity index (χ2v) is 8.52. The molecule has 8 nitrogen and oxygen atoms in total. The summed E-state index contributed by atoms with van der Waals surface area (Å²) in [7, 11) is 1.43. The maximum absolute atomic E-state index is 12.5. The summed E-state index contributed by atoms with van der Waals surface area (Å²) in [5.41, 5.74) is 0.558. The summed E-state index contributed by atoms with van der Waals surface area (Å²) in [4.78, 5) is 50.1. The molecule has 0 radical (unpaired) electrons. The van der Waals surface area contributed by atoms with Crippen molar-refractivity contribution >= 4 is 52.3 Å². The van der Waals surface area contributed by atoms with Crippen LogP contribution in [0.2, 0.25) is 0 Å². The molecule has 0 unspecified atom stereocenters. The summed E-state index contributed by atoms with van der Waals surface area (Å²) >= 11 is 1.99. The number of methoxy groups -OCH3 is 1. The number of imide groups is 1. The lowest BCUT2D eigenvalue weighted by Gasteiger charge is -2.13. The number of benzene rings is 1. The van der Waals surface area contributed by atoms with E-state index in [0.29, 0.717) is 16.2 Å². The van der Waals surface area contributed by atoms with Gasteiger partial charge in [-0.25, -0.2) is 4.79 Å². The molecule has 31 heavy (non-hydrogen) atoms. The van der Waals surface area contributed by atoms with E-state index in [9.17, 15) is 19.2 Å². The monoisotopic (exact) mass is 461 g/mol. The van der Waals surface area contributed by atoms with E-state index in [1.165, 1.54) is 24.5 Å². The molecule has 1 aliphatic heterocycles. The smallest absolute Gasteiger partial charge is 0.353 e. The number of hydrogen-bond donors (Lipinski definition) is 0. The van der Waals surface area contributed by atoms with Crippen molar-refractivity contribution in [3.63, 3.8) is 0 Å². The Balaban J connectivity index is 1.75. The highest BCUT2D eigenvalue weighted by atomic mass is 32.2. The number of thiophene rings is 1. The minimum absolute atomic E-state index is 0.160. The van der Waals surface area contributed by atoms with Crippen molar-refractivity contribution in [2.75, 3.05) is 13.7 Å². The van der Waals surface area contributed by atoms with Gasteiger partial charge in [0.15, 0.2) is 11.5 Å². The summed E-state index contributed by atoms with van der Waals surface area (Å²) < 4.78 is 15.7. The summed E-state index contributed by atoms with van der Waals surface area (Å²) in [5.74, 6) is -1.23. The number of hydrogen-bond acceptors (Lipinski definition) is 9. The van der Waals surface area contributed by atoms with Crippen LogP contribution in [0.1, 0.15) is 29.1 Å². The van der Waals surface area contributed by atoms with Gasteiger partial charge in [0, 0.05) is 0 Å². The van der Waals surface area contributed by atoms with Gasteiger partial charge in [0.05, 0.1) is 18.1 Å². The summed E-state index contributed by atoms with van der Waals surface area (Å²) in [6, 6.07) is 8.15. The molecule has 1 aromatic carbocycles. The van der Waals surface area contributed by atoms with Crippen LogP contribution in [0.25, 0.3) is 6.08 Å². The third-order valence-corrected chi connectivity index (χ3v) is 5.70. The Bertz CT molecular complexity index is 1040. The van der Waals surface area contributed by atoms with Crippen molar-refractivity contribution in [2.24, 2.45) is 0 Å². The Kier molecular flexibility index (Phi) is 7.13. The fourth-order valence-corrected chi connectivity index (χ4v) is 4.06. The molecule has 0 atom stereocenters. The van der Waals surface area contributed by atoms with Crippen molar-refractivity contribution in [3.8, 4) is 11.5 Å². The van der Waals surface area contributed by atoms with Gasteiger partial charge in [-0.05, 0) is 60.8 Å². The molecule has 1 aromatic heterocycles. The minimum Gasteiger partial charge on any atom is -0.493 e. The molecule has 1 saturated heterocycles. The zero-order valence-electron chi connectivity index (χ0n) is 16.9. The van der Waals surface area contributed by atoms with Gasteiger partial charge in [0.2, 0.25) is 0 Å². The van der Waals surface area contributed by atoms with Gasteiger partial charge in [-0.1, -0.05) is 12.1 Å². The number of thioether (sulfide) groups is 1. The lowest BCUT2D eigenvalue weighted by Crippen LogP contribution is -2.35. The van der Waals surface area contributed by atoms with Gasteiger partial charge in [-0.2, -0.15) is 0 Å². The van der Waals surface area contributed by atoms with Gasteiger partial charge in [-0.15, -0.1) is 11.3 Å². The molecule has 1 aliphatic rings. The molecule has 10 heteroatoms. The fourth-order valence-electron chi connectivity index (χ4n) is 2.62. The highest BCUT2D eigenvalue weighted by Gasteiger charge is 2.36. The molecule has 0 spiro atoms. The molecule has 2 aromatic rings.